The molecule has 1 aromatic carbocycles. The van der Waals surface area contributed by atoms with Crippen LogP contribution in [0.3, 0.4) is 0 Å². The average Bonchev–Trinajstić information content (AvgIpc) is 2.42. The number of fused-ring (bicyclic) bond motifs is 1. The number of nitrogens with one attached hydrogen (secondary N) is 1. The lowest BCUT2D eigenvalue weighted by atomic mass is 10.1. The zero-order valence-corrected chi connectivity index (χ0v) is 12.8. The third-order valence-corrected chi connectivity index (χ3v) is 2.93. The molecular formula is C14H12INO4. The van der Waals surface area contributed by atoms with Crippen LogP contribution >= 0.6 is 22.6 Å². The van der Waals surface area contributed by atoms with Crippen molar-refractivity contribution in [3.8, 4) is 0 Å². The Bertz CT molecular complexity index is 721. The quantitative estimate of drug-likeness (QED) is 0.498. The minimum absolute atomic E-state index is 0.0819. The van der Waals surface area contributed by atoms with E-state index in [2.05, 4.69) is 5.32 Å². The Morgan fingerprint density at radius 2 is 2.25 bits per heavy atom. The highest BCUT2D eigenvalue weighted by Crippen LogP contribution is 2.17. The zero-order valence-electron chi connectivity index (χ0n) is 10.7. The first-order valence-corrected chi connectivity index (χ1v) is 6.91. The van der Waals surface area contributed by atoms with Gasteiger partial charge in [0.1, 0.15) is 12.2 Å². The monoisotopic (exact) mass is 385 g/mol. The lowest BCUT2D eigenvalue weighted by molar-refractivity contribution is 0.171. The van der Waals surface area contributed by atoms with Gasteiger partial charge in [-0.15, -0.1) is 0 Å². The summed E-state index contributed by atoms with van der Waals surface area (Å²) in [6.45, 7) is -0.0819. The normalized spacial score (nSPS) is 10.9. The second-order valence-electron chi connectivity index (χ2n) is 4.00. The Morgan fingerprint density at radius 3 is 2.95 bits per heavy atom. The molecule has 20 heavy (non-hydrogen) atoms. The molecule has 0 bridgehead atoms. The summed E-state index contributed by atoms with van der Waals surface area (Å²) < 4.78 is 9.58. The molecule has 0 amide bonds. The van der Waals surface area contributed by atoms with Gasteiger partial charge in [-0.25, -0.2) is 9.59 Å². The number of halogens is 1. The highest BCUT2D eigenvalue weighted by atomic mass is 127. The molecule has 0 aliphatic carbocycles. The van der Waals surface area contributed by atoms with E-state index in [9.17, 15) is 9.59 Å². The standard InChI is InChI=1S/C14H12INO4/c1-16-5-4-9-2-3-10-7-11(8-19-14(15)18)13(17)20-12(10)6-9/h2-7,16H,8H2,1H3/b5-4+. The van der Waals surface area contributed by atoms with Crippen LogP contribution in [0.5, 0.6) is 0 Å². The second kappa shape index (κ2) is 6.56. The van der Waals surface area contributed by atoms with E-state index < -0.39 is 9.60 Å². The fourth-order valence-electron chi connectivity index (χ4n) is 1.69. The maximum atomic E-state index is 11.8. The largest absolute Gasteiger partial charge is 0.453 e. The van der Waals surface area contributed by atoms with Crippen molar-refractivity contribution in [1.82, 2.24) is 5.32 Å². The summed E-state index contributed by atoms with van der Waals surface area (Å²) in [5.74, 6) is 0. The van der Waals surface area contributed by atoms with E-state index in [1.807, 2.05) is 18.2 Å². The molecule has 0 aliphatic heterocycles. The number of benzene rings is 1. The van der Waals surface area contributed by atoms with Gasteiger partial charge < -0.3 is 14.5 Å². The lowest BCUT2D eigenvalue weighted by Crippen LogP contribution is -2.09. The van der Waals surface area contributed by atoms with E-state index >= 15 is 0 Å². The van der Waals surface area contributed by atoms with Crippen LogP contribution < -0.4 is 10.9 Å². The summed E-state index contributed by atoms with van der Waals surface area (Å²) in [6, 6.07) is 7.21. The van der Waals surface area contributed by atoms with Crippen molar-refractivity contribution < 1.29 is 13.9 Å². The third-order valence-electron chi connectivity index (χ3n) is 2.62. The number of hydrogen-bond donors (Lipinski definition) is 1. The highest BCUT2D eigenvalue weighted by Gasteiger charge is 2.07. The van der Waals surface area contributed by atoms with Crippen LogP contribution in [-0.2, 0) is 11.3 Å². The molecule has 0 spiro atoms. The highest BCUT2D eigenvalue weighted by molar-refractivity contribution is 14.1. The van der Waals surface area contributed by atoms with Gasteiger partial charge in [-0.1, -0.05) is 12.1 Å². The summed E-state index contributed by atoms with van der Waals surface area (Å²) >= 11 is 1.51. The second-order valence-corrected chi connectivity index (χ2v) is 4.89. The van der Waals surface area contributed by atoms with E-state index in [0.29, 0.717) is 11.1 Å². The summed E-state index contributed by atoms with van der Waals surface area (Å²) in [7, 11) is 1.80. The molecule has 0 unspecified atom stereocenters. The SMILES string of the molecule is CN/C=C/c1ccc2cc(COC(=O)I)c(=O)oc2c1. The fraction of sp³-hybridized carbons (Fsp3) is 0.143. The van der Waals surface area contributed by atoms with Crippen LogP contribution in [0.2, 0.25) is 0 Å². The number of ether oxygens (including phenoxy) is 1. The van der Waals surface area contributed by atoms with Crippen molar-refractivity contribution in [1.29, 1.82) is 0 Å². The van der Waals surface area contributed by atoms with E-state index in [4.69, 9.17) is 9.15 Å². The molecule has 6 heteroatoms. The minimum atomic E-state index is -0.495. The smallest absolute Gasteiger partial charge is 0.367 e. The van der Waals surface area contributed by atoms with E-state index in [0.717, 1.165) is 10.9 Å². The summed E-state index contributed by atoms with van der Waals surface area (Å²) in [6.07, 6.45) is 3.65. The summed E-state index contributed by atoms with van der Waals surface area (Å²) in [5.41, 5.74) is 1.24. The number of hydrogen-bond acceptors (Lipinski definition) is 5. The maximum Gasteiger partial charge on any atom is 0.367 e. The predicted octanol–water partition coefficient (Wildman–Crippen LogP) is 3.05. The van der Waals surface area contributed by atoms with Crippen molar-refractivity contribution >= 4 is 43.6 Å². The van der Waals surface area contributed by atoms with Crippen molar-refractivity contribution in [2.24, 2.45) is 0 Å². The Labute approximate surface area is 128 Å². The molecule has 104 valence electrons. The van der Waals surface area contributed by atoms with E-state index in [-0.39, 0.29) is 6.61 Å². The topological polar surface area (TPSA) is 68.5 Å². The van der Waals surface area contributed by atoms with Gasteiger partial charge in [0.25, 0.3) is 0 Å². The van der Waals surface area contributed by atoms with Crippen LogP contribution in [0.25, 0.3) is 17.0 Å². The summed E-state index contributed by atoms with van der Waals surface area (Å²) in [5, 5.41) is 3.67. The lowest BCUT2D eigenvalue weighted by Gasteiger charge is -2.03. The van der Waals surface area contributed by atoms with E-state index in [1.165, 1.54) is 22.6 Å². The molecule has 2 rings (SSSR count). The summed E-state index contributed by atoms with van der Waals surface area (Å²) in [4.78, 5) is 22.5. The average molecular weight is 385 g/mol. The Balaban J connectivity index is 2.38. The third kappa shape index (κ3) is 3.60. The maximum absolute atomic E-state index is 11.8. The van der Waals surface area contributed by atoms with Gasteiger partial charge in [-0.2, -0.15) is 0 Å². The van der Waals surface area contributed by atoms with Gasteiger partial charge in [-0.3, -0.25) is 0 Å². The van der Waals surface area contributed by atoms with Crippen LogP contribution in [0.1, 0.15) is 11.1 Å². The first kappa shape index (κ1) is 14.6. The minimum Gasteiger partial charge on any atom is -0.453 e. The molecule has 0 radical (unpaired) electrons. The molecule has 0 saturated carbocycles. The first-order valence-electron chi connectivity index (χ1n) is 5.83. The van der Waals surface area contributed by atoms with Crippen molar-refractivity contribution in [3.05, 3.63) is 52.0 Å². The number of rotatable bonds is 4. The van der Waals surface area contributed by atoms with Gasteiger partial charge in [0, 0.05) is 12.4 Å². The molecule has 0 aliphatic rings. The van der Waals surface area contributed by atoms with Crippen molar-refractivity contribution in [2.45, 2.75) is 6.61 Å². The molecular weight excluding hydrogens is 373 g/mol. The van der Waals surface area contributed by atoms with Crippen LogP contribution in [0.15, 0.2) is 39.7 Å². The fourth-order valence-corrected chi connectivity index (χ4v) is 1.84. The molecule has 1 N–H and O–H groups in total. The molecule has 0 saturated heterocycles. The molecule has 1 aromatic heterocycles. The molecule has 1 heterocycles. The van der Waals surface area contributed by atoms with E-state index in [1.54, 1.807) is 25.4 Å². The molecule has 5 nitrogen and oxygen atoms in total. The van der Waals surface area contributed by atoms with Crippen LogP contribution in [0.4, 0.5) is 4.79 Å². The van der Waals surface area contributed by atoms with Gasteiger partial charge in [0.2, 0.25) is 0 Å². The van der Waals surface area contributed by atoms with Crippen molar-refractivity contribution in [3.63, 3.8) is 0 Å². The van der Waals surface area contributed by atoms with Gasteiger partial charge in [0.05, 0.1) is 28.2 Å². The molecule has 2 aromatic rings. The van der Waals surface area contributed by atoms with Crippen molar-refractivity contribution in [2.75, 3.05) is 7.05 Å². The van der Waals surface area contributed by atoms with Gasteiger partial charge >= 0.3 is 9.60 Å². The Morgan fingerprint density at radius 1 is 1.45 bits per heavy atom. The Kier molecular flexibility index (Phi) is 4.78. The molecule has 0 atom stereocenters. The van der Waals surface area contributed by atoms with Crippen LogP contribution in [0, 0.1) is 0 Å². The van der Waals surface area contributed by atoms with Gasteiger partial charge in [-0.05, 0) is 30.0 Å². The first-order chi connectivity index (χ1) is 9.60. The predicted molar refractivity (Wildman–Crippen MR) is 84.8 cm³/mol. The zero-order chi connectivity index (χ0) is 14.5. The van der Waals surface area contributed by atoms with Crippen LogP contribution in [-0.4, -0.2) is 11.0 Å². The Hall–Kier alpha value is -1.83. The molecule has 0 fully saturated rings. The van der Waals surface area contributed by atoms with Gasteiger partial charge in [0.15, 0.2) is 0 Å². The number of carbonyl (C=O) groups excluding carboxylic acids is 1. The number of carbonyl (C=O) groups is 1.